The molecule has 1 nitrogen and oxygen atoms in total. The lowest BCUT2D eigenvalue weighted by Gasteiger charge is -2.13. The van der Waals surface area contributed by atoms with Crippen LogP contribution in [-0.4, -0.2) is 18.1 Å². The van der Waals surface area contributed by atoms with Gasteiger partial charge in [0.15, 0.2) is 0 Å². The van der Waals surface area contributed by atoms with E-state index in [4.69, 9.17) is 11.6 Å². The van der Waals surface area contributed by atoms with E-state index in [0.29, 0.717) is 6.04 Å². The smallest absolute Gasteiger partial charge is 0.0450 e. The van der Waals surface area contributed by atoms with E-state index in [9.17, 15) is 0 Å². The van der Waals surface area contributed by atoms with Crippen molar-refractivity contribution >= 4 is 23.4 Å². The van der Waals surface area contributed by atoms with Crippen LogP contribution in [0, 0.1) is 0 Å². The average Bonchev–Trinajstić information content (AvgIpc) is 2.25. The fourth-order valence-electron chi connectivity index (χ4n) is 1.32. The predicted octanol–water partition coefficient (Wildman–Crippen LogP) is 3.57. The summed E-state index contributed by atoms with van der Waals surface area (Å²) in [5.74, 6) is 1.21. The Balaban J connectivity index is 2.33. The molecular formula is C12H18ClNS. The third-order valence-electron chi connectivity index (χ3n) is 2.35. The number of hydrogen-bond acceptors (Lipinski definition) is 2. The van der Waals surface area contributed by atoms with Crippen LogP contribution >= 0.6 is 23.4 Å². The van der Waals surface area contributed by atoms with Crippen LogP contribution < -0.4 is 5.32 Å². The molecule has 1 unspecified atom stereocenters. The van der Waals surface area contributed by atoms with Crippen LogP contribution in [0.1, 0.15) is 18.9 Å². The molecule has 0 spiro atoms. The van der Waals surface area contributed by atoms with E-state index in [1.165, 1.54) is 17.7 Å². The van der Waals surface area contributed by atoms with Crippen LogP contribution in [-0.2, 0) is 6.54 Å². The van der Waals surface area contributed by atoms with Crippen molar-refractivity contribution in [3.8, 4) is 0 Å². The Labute approximate surface area is 102 Å². The van der Waals surface area contributed by atoms with Crippen LogP contribution in [0.15, 0.2) is 24.3 Å². The molecule has 0 saturated carbocycles. The molecule has 1 N–H and O–H groups in total. The van der Waals surface area contributed by atoms with Gasteiger partial charge in [0, 0.05) is 17.6 Å². The zero-order chi connectivity index (χ0) is 11.1. The summed E-state index contributed by atoms with van der Waals surface area (Å²) in [5, 5.41) is 4.33. The molecule has 0 aromatic heterocycles. The van der Waals surface area contributed by atoms with E-state index in [2.05, 4.69) is 24.6 Å². The highest BCUT2D eigenvalue weighted by Gasteiger charge is 2.02. The first kappa shape index (κ1) is 12.9. The number of rotatable bonds is 6. The molecule has 1 aromatic rings. The molecule has 15 heavy (non-hydrogen) atoms. The summed E-state index contributed by atoms with van der Waals surface area (Å²) >= 11 is 7.96. The van der Waals surface area contributed by atoms with Crippen LogP contribution in [0.5, 0.6) is 0 Å². The van der Waals surface area contributed by atoms with Gasteiger partial charge in [-0.15, -0.1) is 0 Å². The van der Waals surface area contributed by atoms with Gasteiger partial charge < -0.3 is 5.32 Å². The highest BCUT2D eigenvalue weighted by atomic mass is 35.5. The monoisotopic (exact) mass is 243 g/mol. The molecular weight excluding hydrogens is 226 g/mol. The third kappa shape index (κ3) is 4.92. The summed E-state index contributed by atoms with van der Waals surface area (Å²) in [6.45, 7) is 3.07. The lowest BCUT2D eigenvalue weighted by molar-refractivity contribution is 0.537. The van der Waals surface area contributed by atoms with Gasteiger partial charge in [-0.25, -0.2) is 0 Å². The van der Waals surface area contributed by atoms with Crippen molar-refractivity contribution in [1.82, 2.24) is 5.32 Å². The second-order valence-electron chi connectivity index (χ2n) is 3.65. The predicted molar refractivity (Wildman–Crippen MR) is 70.8 cm³/mol. The van der Waals surface area contributed by atoms with Crippen molar-refractivity contribution in [3.63, 3.8) is 0 Å². The van der Waals surface area contributed by atoms with Crippen molar-refractivity contribution in [2.75, 3.05) is 12.0 Å². The number of benzene rings is 1. The standard InChI is InChI=1S/C12H18ClNS/c1-10(7-8-15-2)14-9-11-5-3-4-6-12(11)13/h3-6,10,14H,7-9H2,1-2H3. The summed E-state index contributed by atoms with van der Waals surface area (Å²) in [6.07, 6.45) is 3.34. The largest absolute Gasteiger partial charge is 0.310 e. The minimum absolute atomic E-state index is 0.550. The molecule has 0 saturated heterocycles. The molecule has 0 fully saturated rings. The molecule has 0 bridgehead atoms. The van der Waals surface area contributed by atoms with E-state index < -0.39 is 0 Å². The van der Waals surface area contributed by atoms with Crippen molar-refractivity contribution in [3.05, 3.63) is 34.9 Å². The van der Waals surface area contributed by atoms with Crippen molar-refractivity contribution in [2.24, 2.45) is 0 Å². The third-order valence-corrected chi connectivity index (χ3v) is 3.37. The Kier molecular flexibility index (Phi) is 6.15. The Hall–Kier alpha value is -0.180. The van der Waals surface area contributed by atoms with Crippen molar-refractivity contribution in [2.45, 2.75) is 25.9 Å². The van der Waals surface area contributed by atoms with Gasteiger partial charge in [0.1, 0.15) is 0 Å². The van der Waals surface area contributed by atoms with Crippen molar-refractivity contribution < 1.29 is 0 Å². The summed E-state index contributed by atoms with van der Waals surface area (Å²) in [7, 11) is 0. The molecule has 1 aromatic carbocycles. The first-order valence-electron chi connectivity index (χ1n) is 5.19. The van der Waals surface area contributed by atoms with Gasteiger partial charge >= 0.3 is 0 Å². The Morgan fingerprint density at radius 2 is 2.13 bits per heavy atom. The number of thioether (sulfide) groups is 1. The molecule has 1 rings (SSSR count). The number of hydrogen-bond donors (Lipinski definition) is 1. The fourth-order valence-corrected chi connectivity index (χ4v) is 2.11. The Morgan fingerprint density at radius 3 is 2.80 bits per heavy atom. The van der Waals surface area contributed by atoms with E-state index in [-0.39, 0.29) is 0 Å². The lowest BCUT2D eigenvalue weighted by atomic mass is 10.2. The highest BCUT2D eigenvalue weighted by molar-refractivity contribution is 7.98. The van der Waals surface area contributed by atoms with Gasteiger partial charge in [0.25, 0.3) is 0 Å². The van der Waals surface area contributed by atoms with Gasteiger partial charge in [0.2, 0.25) is 0 Å². The molecule has 0 aliphatic rings. The van der Waals surface area contributed by atoms with Gasteiger partial charge in [-0.2, -0.15) is 11.8 Å². The summed E-state index contributed by atoms with van der Waals surface area (Å²) in [5.41, 5.74) is 1.18. The Morgan fingerprint density at radius 1 is 1.40 bits per heavy atom. The molecule has 0 heterocycles. The maximum Gasteiger partial charge on any atom is 0.0450 e. The molecule has 1 atom stereocenters. The molecule has 0 amide bonds. The van der Waals surface area contributed by atoms with Gasteiger partial charge in [-0.1, -0.05) is 29.8 Å². The van der Waals surface area contributed by atoms with E-state index in [1.807, 2.05) is 30.0 Å². The molecule has 0 aliphatic carbocycles. The van der Waals surface area contributed by atoms with Crippen LogP contribution in [0.3, 0.4) is 0 Å². The first-order valence-corrected chi connectivity index (χ1v) is 6.97. The molecule has 0 radical (unpaired) electrons. The number of halogens is 1. The number of nitrogens with one attached hydrogen (secondary N) is 1. The average molecular weight is 244 g/mol. The van der Waals surface area contributed by atoms with Crippen molar-refractivity contribution in [1.29, 1.82) is 0 Å². The van der Waals surface area contributed by atoms with Crippen LogP contribution in [0.25, 0.3) is 0 Å². The van der Waals surface area contributed by atoms with E-state index in [0.717, 1.165) is 11.6 Å². The minimum Gasteiger partial charge on any atom is -0.310 e. The van der Waals surface area contributed by atoms with Crippen LogP contribution in [0.4, 0.5) is 0 Å². The summed E-state index contributed by atoms with van der Waals surface area (Å²) < 4.78 is 0. The minimum atomic E-state index is 0.550. The van der Waals surface area contributed by atoms with Gasteiger partial charge in [-0.05, 0) is 37.0 Å². The fraction of sp³-hybridized carbons (Fsp3) is 0.500. The second-order valence-corrected chi connectivity index (χ2v) is 5.05. The second kappa shape index (κ2) is 7.15. The zero-order valence-electron chi connectivity index (χ0n) is 9.29. The topological polar surface area (TPSA) is 12.0 Å². The Bertz CT molecular complexity index is 291. The molecule has 3 heteroatoms. The van der Waals surface area contributed by atoms with Gasteiger partial charge in [-0.3, -0.25) is 0 Å². The SMILES string of the molecule is CSCCC(C)NCc1ccccc1Cl. The van der Waals surface area contributed by atoms with Crippen LogP contribution in [0.2, 0.25) is 5.02 Å². The normalized spacial score (nSPS) is 12.7. The first-order chi connectivity index (χ1) is 7.24. The summed E-state index contributed by atoms with van der Waals surface area (Å²) in [4.78, 5) is 0. The lowest BCUT2D eigenvalue weighted by Crippen LogP contribution is -2.26. The molecule has 84 valence electrons. The van der Waals surface area contributed by atoms with Gasteiger partial charge in [0.05, 0.1) is 0 Å². The summed E-state index contributed by atoms with van der Waals surface area (Å²) in [6, 6.07) is 8.54. The zero-order valence-corrected chi connectivity index (χ0v) is 10.9. The van der Waals surface area contributed by atoms with E-state index in [1.54, 1.807) is 0 Å². The quantitative estimate of drug-likeness (QED) is 0.820. The van der Waals surface area contributed by atoms with E-state index >= 15 is 0 Å². The highest BCUT2D eigenvalue weighted by Crippen LogP contribution is 2.14. The maximum atomic E-state index is 6.07. The molecule has 0 aliphatic heterocycles. The maximum absolute atomic E-state index is 6.07.